The van der Waals surface area contributed by atoms with Crippen molar-refractivity contribution in [1.29, 1.82) is 0 Å². The van der Waals surface area contributed by atoms with Crippen molar-refractivity contribution in [2.75, 3.05) is 47.3 Å². The van der Waals surface area contributed by atoms with Gasteiger partial charge in [0.2, 0.25) is 5.75 Å². The van der Waals surface area contributed by atoms with Gasteiger partial charge in [0.05, 0.1) is 7.11 Å². The predicted octanol–water partition coefficient (Wildman–Crippen LogP) is 10.8. The minimum Gasteiger partial charge on any atom is -0.493 e. The van der Waals surface area contributed by atoms with Crippen molar-refractivity contribution in [3.05, 3.63) is 58.2 Å². The van der Waals surface area contributed by atoms with Gasteiger partial charge in [-0.25, -0.2) is 0 Å². The Kier molecular flexibility index (Phi) is 17.9. The van der Waals surface area contributed by atoms with Crippen LogP contribution in [-0.2, 0) is 20.6 Å². The third-order valence-corrected chi connectivity index (χ3v) is 12.9. The molecule has 2 aromatic rings. The molecule has 0 amide bonds. The lowest BCUT2D eigenvalue weighted by molar-refractivity contribution is 0.00458. The summed E-state index contributed by atoms with van der Waals surface area (Å²) in [6.07, 6.45) is 7.29. The fourth-order valence-corrected chi connectivity index (χ4v) is 6.80. The summed E-state index contributed by atoms with van der Waals surface area (Å²) in [5.41, 5.74) is 5.70. The molecule has 0 aliphatic carbocycles. The summed E-state index contributed by atoms with van der Waals surface area (Å²) >= 11 is 0. The molecule has 0 aliphatic rings. The van der Waals surface area contributed by atoms with Crippen LogP contribution >= 0.6 is 0 Å². The third-order valence-electron chi connectivity index (χ3n) is 7.80. The Morgan fingerprint density at radius 2 is 1.14 bits per heavy atom. The van der Waals surface area contributed by atoms with Crippen molar-refractivity contribution in [3.8, 4) is 23.0 Å². The molecule has 0 atom stereocenters. The van der Waals surface area contributed by atoms with E-state index in [0.29, 0.717) is 30.5 Å². The molecule has 0 spiro atoms. The van der Waals surface area contributed by atoms with E-state index in [9.17, 15) is 0 Å². The van der Waals surface area contributed by atoms with Crippen molar-refractivity contribution >= 4 is 36.4 Å². The average Bonchev–Trinajstić information content (AvgIpc) is 2.97. The summed E-state index contributed by atoms with van der Waals surface area (Å²) in [7, 11) is -1.93. The molecular formula is C39H66O7Si3. The summed E-state index contributed by atoms with van der Waals surface area (Å²) in [5, 5.41) is 0. The lowest BCUT2D eigenvalue weighted by Crippen LogP contribution is -2.22. The molecule has 2 aromatic carbocycles. The monoisotopic (exact) mass is 730 g/mol. The Bertz CT molecular complexity index is 1350. The van der Waals surface area contributed by atoms with Gasteiger partial charge >= 0.3 is 0 Å². The molecule has 0 bridgehead atoms. The second kappa shape index (κ2) is 20.5. The molecule has 49 heavy (non-hydrogen) atoms. The fourth-order valence-electron chi connectivity index (χ4n) is 4.53. The summed E-state index contributed by atoms with van der Waals surface area (Å²) in [5.74, 6) is 2.42. The molecule has 0 aliphatic heterocycles. The smallest absolute Gasteiger partial charge is 0.206 e. The van der Waals surface area contributed by atoms with Gasteiger partial charge in [-0.3, -0.25) is 0 Å². The van der Waals surface area contributed by atoms with Crippen molar-refractivity contribution in [2.45, 2.75) is 104 Å². The number of hydrogen-bond acceptors (Lipinski definition) is 7. The van der Waals surface area contributed by atoms with E-state index in [1.807, 2.05) is 12.1 Å². The van der Waals surface area contributed by atoms with E-state index in [4.69, 9.17) is 33.2 Å². The maximum Gasteiger partial charge on any atom is 0.206 e. The van der Waals surface area contributed by atoms with Gasteiger partial charge in [0.1, 0.15) is 5.75 Å². The number of allylic oxidation sites excluding steroid dienone is 2. The van der Waals surface area contributed by atoms with Gasteiger partial charge < -0.3 is 33.2 Å². The predicted molar refractivity (Wildman–Crippen MR) is 215 cm³/mol. The first-order valence-electron chi connectivity index (χ1n) is 17.7. The van der Waals surface area contributed by atoms with E-state index >= 15 is 0 Å². The zero-order valence-corrected chi connectivity index (χ0v) is 36.0. The molecule has 0 saturated carbocycles. The Morgan fingerprint density at radius 3 is 1.65 bits per heavy atom. The van der Waals surface area contributed by atoms with Crippen LogP contribution in [0.15, 0.2) is 35.9 Å². The minimum atomic E-state index is -1.21. The van der Waals surface area contributed by atoms with Gasteiger partial charge in [0, 0.05) is 44.0 Å². The van der Waals surface area contributed by atoms with Gasteiger partial charge in [-0.1, -0.05) is 82.7 Å². The summed E-state index contributed by atoms with van der Waals surface area (Å²) in [4.78, 5) is 0. The van der Waals surface area contributed by atoms with Crippen LogP contribution in [0.4, 0.5) is 0 Å². The molecule has 0 aromatic heterocycles. The fraction of sp³-hybridized carbons (Fsp3) is 0.590. The van der Waals surface area contributed by atoms with Gasteiger partial charge in [0.15, 0.2) is 31.9 Å². The second-order valence-corrected chi connectivity index (χ2v) is 33.5. The molecule has 10 heteroatoms. The Morgan fingerprint density at radius 1 is 0.633 bits per heavy atom. The third kappa shape index (κ3) is 18.5. The van der Waals surface area contributed by atoms with Crippen molar-refractivity contribution in [3.63, 3.8) is 0 Å². The number of methoxy groups -OCH3 is 1. The highest BCUT2D eigenvalue weighted by molar-refractivity contribution is 6.76. The number of rotatable bonds is 23. The van der Waals surface area contributed by atoms with Crippen LogP contribution in [0.2, 0.25) is 77.1 Å². The van der Waals surface area contributed by atoms with Gasteiger partial charge in [-0.2, -0.15) is 0 Å². The largest absolute Gasteiger partial charge is 0.493 e. The van der Waals surface area contributed by atoms with Crippen LogP contribution in [0.1, 0.15) is 36.1 Å². The van der Waals surface area contributed by atoms with Gasteiger partial charge in [0.25, 0.3) is 0 Å². The summed E-state index contributed by atoms with van der Waals surface area (Å²) in [6, 6.07) is 11.4. The van der Waals surface area contributed by atoms with Crippen molar-refractivity contribution in [2.24, 2.45) is 0 Å². The summed E-state index contributed by atoms with van der Waals surface area (Å²) in [6.45, 7) is 30.0. The molecule has 0 radical (unpaired) electrons. The van der Waals surface area contributed by atoms with Crippen LogP contribution in [0.25, 0.3) is 12.2 Å². The van der Waals surface area contributed by atoms with Crippen molar-refractivity contribution in [1.82, 2.24) is 0 Å². The molecule has 0 heterocycles. The molecular weight excluding hydrogens is 665 g/mol. The Hall–Kier alpha value is -2.35. The molecule has 0 saturated heterocycles. The highest BCUT2D eigenvalue weighted by Crippen LogP contribution is 2.40. The van der Waals surface area contributed by atoms with Gasteiger partial charge in [-0.05, 0) is 91.8 Å². The number of aryl methyl sites for hydroxylation is 1. The number of hydrogen-bond donors (Lipinski definition) is 0. The van der Waals surface area contributed by atoms with E-state index in [1.54, 1.807) is 7.11 Å². The molecule has 276 valence electrons. The van der Waals surface area contributed by atoms with Crippen LogP contribution < -0.4 is 18.9 Å². The summed E-state index contributed by atoms with van der Waals surface area (Å²) < 4.78 is 41.8. The van der Waals surface area contributed by atoms with Crippen molar-refractivity contribution < 1.29 is 33.2 Å². The van der Waals surface area contributed by atoms with Crippen LogP contribution in [0.5, 0.6) is 23.0 Å². The highest BCUT2D eigenvalue weighted by Gasteiger charge is 2.18. The number of benzene rings is 2. The minimum absolute atomic E-state index is 0.116. The standard InChI is InChI=1S/C39H66O7Si3/c1-31(2)14-17-36-32(3)24-35(44-28-41-18-21-47(5,6)7)27-34(36)16-15-33-25-37(40-4)39(46-30-43-20-23-49(11,12)13)38(26-33)45-29-42-19-22-48(8,9)10/h14-16,24-27H,17-23,28-30H2,1-13H3/b16-15+. The topological polar surface area (TPSA) is 64.6 Å². The molecule has 7 nitrogen and oxygen atoms in total. The average molecular weight is 731 g/mol. The van der Waals surface area contributed by atoms with E-state index in [0.717, 1.165) is 48.0 Å². The van der Waals surface area contributed by atoms with Crippen LogP contribution in [0.3, 0.4) is 0 Å². The van der Waals surface area contributed by atoms with E-state index in [2.05, 4.69) is 110 Å². The van der Waals surface area contributed by atoms with E-state index < -0.39 is 24.2 Å². The number of ether oxygens (including phenoxy) is 7. The highest BCUT2D eigenvalue weighted by atomic mass is 28.3. The van der Waals surface area contributed by atoms with E-state index in [1.165, 1.54) is 16.7 Å². The van der Waals surface area contributed by atoms with Gasteiger partial charge in [-0.15, -0.1) is 0 Å². The SMILES string of the molecule is COc1cc(/C=C/c2cc(OCOCC[Si](C)(C)C)cc(C)c2CC=C(C)C)cc(OCOCC[Si](C)(C)C)c1OCOCC[Si](C)(C)C. The van der Waals surface area contributed by atoms with Crippen LogP contribution in [0, 0.1) is 6.92 Å². The normalized spacial score (nSPS) is 12.3. The first-order chi connectivity index (χ1) is 22.9. The first-order valence-corrected chi connectivity index (χ1v) is 28.8. The zero-order chi connectivity index (χ0) is 36.7. The first kappa shape index (κ1) is 42.8. The molecule has 0 N–H and O–H groups in total. The van der Waals surface area contributed by atoms with Crippen LogP contribution in [-0.4, -0.2) is 71.5 Å². The quantitative estimate of drug-likeness (QED) is 0.0371. The lowest BCUT2D eigenvalue weighted by atomic mass is 9.96. The molecule has 2 rings (SSSR count). The maximum absolute atomic E-state index is 6.18. The van der Waals surface area contributed by atoms with E-state index in [-0.39, 0.29) is 20.4 Å². The Balaban J connectivity index is 2.37. The zero-order valence-electron chi connectivity index (χ0n) is 33.0. The molecule has 0 fully saturated rings. The Labute approximate surface area is 301 Å². The molecule has 0 unspecified atom stereocenters. The lowest BCUT2D eigenvalue weighted by Gasteiger charge is -2.19. The maximum atomic E-state index is 6.18. The second-order valence-electron chi connectivity index (χ2n) is 16.6.